The van der Waals surface area contributed by atoms with Gasteiger partial charge in [0, 0.05) is 13.2 Å². The number of hydrogen-bond acceptors (Lipinski definition) is 2. The molecule has 0 spiro atoms. The summed E-state index contributed by atoms with van der Waals surface area (Å²) in [6.45, 7) is 2.19. The van der Waals surface area contributed by atoms with Crippen LogP contribution in [0.1, 0.15) is 38.3 Å². The van der Waals surface area contributed by atoms with E-state index in [9.17, 15) is 5.11 Å². The normalized spacial score (nSPS) is 32.4. The van der Waals surface area contributed by atoms with Gasteiger partial charge in [0.25, 0.3) is 0 Å². The molecule has 1 N–H and O–H groups in total. The molecule has 1 heterocycles. The van der Waals surface area contributed by atoms with E-state index in [1.165, 1.54) is 0 Å². The molecule has 2 unspecified atom stereocenters. The second-order valence-electron chi connectivity index (χ2n) is 4.42. The largest absolute Gasteiger partial charge is 0.383 e. The Morgan fingerprint density at radius 3 is 3.00 bits per heavy atom. The summed E-state index contributed by atoms with van der Waals surface area (Å²) in [5.41, 5.74) is 0.193. The van der Waals surface area contributed by atoms with Crippen LogP contribution in [0.2, 0.25) is 0 Å². The van der Waals surface area contributed by atoms with Gasteiger partial charge in [-0.1, -0.05) is 13.3 Å². The molecule has 78 valence electrons. The third-order valence-electron chi connectivity index (χ3n) is 3.36. The summed E-state index contributed by atoms with van der Waals surface area (Å²) >= 11 is 0. The van der Waals surface area contributed by atoms with Gasteiger partial charge in [-0.3, -0.25) is 4.68 Å². The number of aromatic nitrogens is 2. The lowest BCUT2D eigenvalue weighted by molar-refractivity contribution is 0.0348. The van der Waals surface area contributed by atoms with Crippen molar-refractivity contribution >= 4 is 0 Å². The van der Waals surface area contributed by atoms with Crippen LogP contribution in [0.3, 0.4) is 0 Å². The Kier molecular flexibility index (Phi) is 2.35. The van der Waals surface area contributed by atoms with Crippen molar-refractivity contribution in [2.75, 3.05) is 0 Å². The first kappa shape index (κ1) is 9.71. The van der Waals surface area contributed by atoms with E-state index in [2.05, 4.69) is 12.0 Å². The molecule has 1 fully saturated rings. The second-order valence-corrected chi connectivity index (χ2v) is 4.42. The third kappa shape index (κ3) is 1.57. The highest BCUT2D eigenvalue weighted by molar-refractivity contribution is 5.12. The molecule has 0 aliphatic heterocycles. The van der Waals surface area contributed by atoms with Crippen LogP contribution in [-0.2, 0) is 12.6 Å². The summed E-state index contributed by atoms with van der Waals surface area (Å²) < 4.78 is 1.76. The molecule has 14 heavy (non-hydrogen) atoms. The fraction of sp³-hybridized carbons (Fsp3) is 0.727. The van der Waals surface area contributed by atoms with Crippen LogP contribution in [0, 0.1) is 5.92 Å². The molecule has 1 aromatic rings. The van der Waals surface area contributed by atoms with Crippen LogP contribution in [0.5, 0.6) is 0 Å². The van der Waals surface area contributed by atoms with Crippen molar-refractivity contribution in [3.63, 3.8) is 0 Å². The van der Waals surface area contributed by atoms with Gasteiger partial charge < -0.3 is 5.11 Å². The van der Waals surface area contributed by atoms with Gasteiger partial charge in [0.2, 0.25) is 0 Å². The Labute approximate surface area is 84.7 Å². The van der Waals surface area contributed by atoms with Crippen LogP contribution in [0.25, 0.3) is 0 Å². The summed E-state index contributed by atoms with van der Waals surface area (Å²) in [7, 11) is 1.89. The lowest BCUT2D eigenvalue weighted by atomic mass is 9.96. The zero-order valence-corrected chi connectivity index (χ0v) is 8.90. The molecule has 3 heteroatoms. The Morgan fingerprint density at radius 2 is 2.50 bits per heavy atom. The molecule has 1 aromatic heterocycles. The standard InChI is InChI=1S/C11H18N2O/c1-3-9-4-6-11(14,8-9)10-5-7-13(2)12-10/h5,7,9,14H,3-4,6,8H2,1-2H3. The van der Waals surface area contributed by atoms with Gasteiger partial charge in [-0.15, -0.1) is 0 Å². The first-order chi connectivity index (χ1) is 6.64. The highest BCUT2D eigenvalue weighted by Crippen LogP contribution is 2.42. The molecule has 0 radical (unpaired) electrons. The molecule has 0 saturated heterocycles. The maximum Gasteiger partial charge on any atom is 0.109 e. The Balaban J connectivity index is 2.18. The maximum absolute atomic E-state index is 10.4. The summed E-state index contributed by atoms with van der Waals surface area (Å²) in [5.74, 6) is 0.669. The lowest BCUT2D eigenvalue weighted by Crippen LogP contribution is -2.22. The molecule has 0 bridgehead atoms. The fourth-order valence-electron chi connectivity index (χ4n) is 2.37. The fourth-order valence-corrected chi connectivity index (χ4v) is 2.37. The van der Waals surface area contributed by atoms with E-state index in [-0.39, 0.29) is 0 Å². The van der Waals surface area contributed by atoms with Crippen molar-refractivity contribution in [3.05, 3.63) is 18.0 Å². The minimum atomic E-state index is -0.651. The van der Waals surface area contributed by atoms with Crippen molar-refractivity contribution in [1.82, 2.24) is 9.78 Å². The van der Waals surface area contributed by atoms with Gasteiger partial charge in [-0.05, 0) is 31.2 Å². The number of hydrogen-bond donors (Lipinski definition) is 1. The molecule has 1 aliphatic rings. The van der Waals surface area contributed by atoms with Gasteiger partial charge in [0.1, 0.15) is 5.60 Å². The first-order valence-electron chi connectivity index (χ1n) is 5.36. The zero-order chi connectivity index (χ0) is 10.2. The molecule has 2 rings (SSSR count). The van der Waals surface area contributed by atoms with E-state index in [1.54, 1.807) is 4.68 Å². The number of rotatable bonds is 2. The van der Waals surface area contributed by atoms with E-state index < -0.39 is 5.60 Å². The van der Waals surface area contributed by atoms with Gasteiger partial charge in [0.05, 0.1) is 5.69 Å². The van der Waals surface area contributed by atoms with E-state index >= 15 is 0 Å². The van der Waals surface area contributed by atoms with Gasteiger partial charge >= 0.3 is 0 Å². The minimum Gasteiger partial charge on any atom is -0.383 e. The Morgan fingerprint density at radius 1 is 1.71 bits per heavy atom. The molecule has 0 amide bonds. The smallest absolute Gasteiger partial charge is 0.109 e. The van der Waals surface area contributed by atoms with Gasteiger partial charge in [-0.2, -0.15) is 5.10 Å². The second kappa shape index (κ2) is 3.39. The van der Waals surface area contributed by atoms with Crippen LogP contribution >= 0.6 is 0 Å². The molecule has 1 saturated carbocycles. The Hall–Kier alpha value is -0.830. The van der Waals surface area contributed by atoms with Crippen molar-refractivity contribution in [2.24, 2.45) is 13.0 Å². The third-order valence-corrected chi connectivity index (χ3v) is 3.36. The SMILES string of the molecule is CCC1CCC(O)(c2ccn(C)n2)C1. The zero-order valence-electron chi connectivity index (χ0n) is 8.90. The van der Waals surface area contributed by atoms with Gasteiger partial charge in [0.15, 0.2) is 0 Å². The molecular weight excluding hydrogens is 176 g/mol. The summed E-state index contributed by atoms with van der Waals surface area (Å²) in [4.78, 5) is 0. The predicted molar refractivity (Wildman–Crippen MR) is 54.7 cm³/mol. The topological polar surface area (TPSA) is 38.0 Å². The monoisotopic (exact) mass is 194 g/mol. The first-order valence-corrected chi connectivity index (χ1v) is 5.36. The lowest BCUT2D eigenvalue weighted by Gasteiger charge is -2.20. The van der Waals surface area contributed by atoms with Crippen molar-refractivity contribution in [3.8, 4) is 0 Å². The van der Waals surface area contributed by atoms with Crippen molar-refractivity contribution < 1.29 is 5.11 Å². The van der Waals surface area contributed by atoms with Crippen LogP contribution in [0.15, 0.2) is 12.3 Å². The average molecular weight is 194 g/mol. The van der Waals surface area contributed by atoms with E-state index in [0.717, 1.165) is 31.4 Å². The number of aryl methyl sites for hydroxylation is 1. The number of nitrogens with zero attached hydrogens (tertiary/aromatic N) is 2. The summed E-state index contributed by atoms with van der Waals surface area (Å²) in [6, 6.07) is 1.93. The van der Waals surface area contributed by atoms with E-state index in [4.69, 9.17) is 0 Å². The van der Waals surface area contributed by atoms with Crippen LogP contribution in [-0.4, -0.2) is 14.9 Å². The minimum absolute atomic E-state index is 0.651. The maximum atomic E-state index is 10.4. The molecule has 3 nitrogen and oxygen atoms in total. The van der Waals surface area contributed by atoms with Crippen LogP contribution in [0.4, 0.5) is 0 Å². The van der Waals surface area contributed by atoms with E-state index in [0.29, 0.717) is 5.92 Å². The molecule has 1 aliphatic carbocycles. The predicted octanol–water partition coefficient (Wildman–Crippen LogP) is 1.82. The molecule has 0 aromatic carbocycles. The average Bonchev–Trinajstić information content (AvgIpc) is 2.73. The highest BCUT2D eigenvalue weighted by atomic mass is 16.3. The number of aliphatic hydroxyl groups is 1. The van der Waals surface area contributed by atoms with Gasteiger partial charge in [-0.25, -0.2) is 0 Å². The molecule has 2 atom stereocenters. The highest BCUT2D eigenvalue weighted by Gasteiger charge is 2.39. The van der Waals surface area contributed by atoms with Crippen molar-refractivity contribution in [2.45, 2.75) is 38.2 Å². The van der Waals surface area contributed by atoms with Crippen LogP contribution < -0.4 is 0 Å². The van der Waals surface area contributed by atoms with E-state index in [1.807, 2.05) is 19.3 Å². The van der Waals surface area contributed by atoms with Crippen molar-refractivity contribution in [1.29, 1.82) is 0 Å². The quantitative estimate of drug-likeness (QED) is 0.779. The Bertz CT molecular complexity index is 321. The summed E-state index contributed by atoms with van der Waals surface area (Å²) in [5, 5.41) is 14.7. The molecular formula is C11H18N2O. The summed E-state index contributed by atoms with van der Waals surface area (Å²) in [6.07, 6.45) is 5.92.